The van der Waals surface area contributed by atoms with Crippen molar-refractivity contribution in [3.05, 3.63) is 11.7 Å². The van der Waals surface area contributed by atoms with Gasteiger partial charge in [0.15, 0.2) is 5.82 Å². The third-order valence-electron chi connectivity index (χ3n) is 2.83. The third-order valence-corrected chi connectivity index (χ3v) is 2.83. The first-order valence-corrected chi connectivity index (χ1v) is 5.51. The fourth-order valence-corrected chi connectivity index (χ4v) is 2.15. The van der Waals surface area contributed by atoms with Crippen molar-refractivity contribution in [2.45, 2.75) is 32.1 Å². The largest absolute Gasteiger partial charge is 0.340 e. The van der Waals surface area contributed by atoms with Gasteiger partial charge in [0.25, 0.3) is 0 Å². The van der Waals surface area contributed by atoms with Gasteiger partial charge in [0, 0.05) is 26.1 Å². The fraction of sp³-hybridized carbons (Fsp3) is 0.800. The first-order chi connectivity index (χ1) is 7.69. The van der Waals surface area contributed by atoms with Gasteiger partial charge in [-0.2, -0.15) is 4.98 Å². The van der Waals surface area contributed by atoms with E-state index in [0.29, 0.717) is 31.2 Å². The van der Waals surface area contributed by atoms with Crippen LogP contribution < -0.4 is 5.32 Å². The Labute approximate surface area is 94.0 Å². The summed E-state index contributed by atoms with van der Waals surface area (Å²) in [7, 11) is 1.88. The molecule has 6 heteroatoms. The van der Waals surface area contributed by atoms with Crippen LogP contribution in [0.2, 0.25) is 0 Å². The van der Waals surface area contributed by atoms with Crippen molar-refractivity contribution in [2.24, 2.45) is 0 Å². The number of nitrogens with zero attached hydrogens (tertiary/aromatic N) is 3. The van der Waals surface area contributed by atoms with Crippen LogP contribution in [-0.2, 0) is 6.54 Å². The zero-order valence-electron chi connectivity index (χ0n) is 9.61. The number of rotatable bonds is 4. The minimum absolute atomic E-state index is 0.221. The molecule has 0 unspecified atom stereocenters. The summed E-state index contributed by atoms with van der Waals surface area (Å²) in [4.78, 5) is 6.19. The van der Waals surface area contributed by atoms with E-state index in [-0.39, 0.29) is 6.04 Å². The van der Waals surface area contributed by atoms with Gasteiger partial charge in [0.2, 0.25) is 5.89 Å². The summed E-state index contributed by atoms with van der Waals surface area (Å²) in [6.45, 7) is 3.56. The molecule has 5 nitrogen and oxygen atoms in total. The van der Waals surface area contributed by atoms with Crippen LogP contribution in [0.3, 0.4) is 0 Å². The van der Waals surface area contributed by atoms with E-state index in [2.05, 4.69) is 20.4 Å². The summed E-state index contributed by atoms with van der Waals surface area (Å²) in [5.74, 6) is 1.18. The molecule has 1 saturated heterocycles. The summed E-state index contributed by atoms with van der Waals surface area (Å²) in [5.41, 5.74) is 0. The zero-order chi connectivity index (χ0) is 11.5. The number of alkyl halides is 1. The standard InChI is InChI=1S/C10H17FN4O/c1-7-13-10(14-16-7)6-15-5-8(11)3-9(15)4-12-2/h8-9,12H,3-6H2,1-2H3/t8-,9-/m1/s1. The van der Waals surface area contributed by atoms with E-state index < -0.39 is 6.17 Å². The molecular formula is C10H17FN4O. The Morgan fingerprint density at radius 1 is 1.62 bits per heavy atom. The van der Waals surface area contributed by atoms with E-state index in [1.54, 1.807) is 6.92 Å². The first-order valence-electron chi connectivity index (χ1n) is 5.51. The molecular weight excluding hydrogens is 211 g/mol. The smallest absolute Gasteiger partial charge is 0.223 e. The molecule has 16 heavy (non-hydrogen) atoms. The van der Waals surface area contributed by atoms with Gasteiger partial charge >= 0.3 is 0 Å². The van der Waals surface area contributed by atoms with Gasteiger partial charge in [0.1, 0.15) is 6.17 Å². The molecule has 90 valence electrons. The van der Waals surface area contributed by atoms with Crippen LogP contribution in [-0.4, -0.2) is 47.4 Å². The van der Waals surface area contributed by atoms with Crippen molar-refractivity contribution in [1.29, 1.82) is 0 Å². The molecule has 2 heterocycles. The van der Waals surface area contributed by atoms with Gasteiger partial charge in [-0.25, -0.2) is 4.39 Å². The second-order valence-corrected chi connectivity index (χ2v) is 4.20. The Morgan fingerprint density at radius 3 is 3.06 bits per heavy atom. The lowest BCUT2D eigenvalue weighted by atomic mass is 10.2. The van der Waals surface area contributed by atoms with E-state index in [4.69, 9.17) is 4.52 Å². The molecule has 0 saturated carbocycles. The molecule has 0 aliphatic carbocycles. The predicted molar refractivity (Wildman–Crippen MR) is 56.7 cm³/mol. The maximum atomic E-state index is 13.3. The van der Waals surface area contributed by atoms with E-state index >= 15 is 0 Å². The number of nitrogens with one attached hydrogen (secondary N) is 1. The summed E-state index contributed by atoms with van der Waals surface area (Å²) < 4.78 is 18.2. The highest BCUT2D eigenvalue weighted by molar-refractivity contribution is 4.91. The molecule has 2 atom stereocenters. The molecule has 2 rings (SSSR count). The molecule has 0 amide bonds. The number of aromatic nitrogens is 2. The summed E-state index contributed by atoms with van der Waals surface area (Å²) in [6, 6.07) is 0.221. The highest BCUT2D eigenvalue weighted by Gasteiger charge is 2.32. The van der Waals surface area contributed by atoms with Gasteiger partial charge in [-0.3, -0.25) is 4.90 Å². The molecule has 1 aromatic heterocycles. The second kappa shape index (κ2) is 4.88. The zero-order valence-corrected chi connectivity index (χ0v) is 9.61. The molecule has 1 fully saturated rings. The fourth-order valence-electron chi connectivity index (χ4n) is 2.15. The SMILES string of the molecule is CNC[C@H]1C[C@@H](F)CN1Cc1noc(C)n1. The summed E-state index contributed by atoms with van der Waals surface area (Å²) >= 11 is 0. The van der Waals surface area contributed by atoms with Crippen LogP contribution in [0, 0.1) is 6.92 Å². The maximum Gasteiger partial charge on any atom is 0.223 e. The van der Waals surface area contributed by atoms with Crippen molar-refractivity contribution in [3.63, 3.8) is 0 Å². The normalized spacial score (nSPS) is 26.4. The van der Waals surface area contributed by atoms with Crippen molar-refractivity contribution < 1.29 is 8.91 Å². The molecule has 1 aromatic rings. The van der Waals surface area contributed by atoms with Crippen molar-refractivity contribution >= 4 is 0 Å². The van der Waals surface area contributed by atoms with Gasteiger partial charge < -0.3 is 9.84 Å². The Balaban J connectivity index is 1.97. The number of hydrogen-bond acceptors (Lipinski definition) is 5. The van der Waals surface area contributed by atoms with Crippen LogP contribution >= 0.6 is 0 Å². The Kier molecular flexibility index (Phi) is 3.50. The minimum atomic E-state index is -0.744. The number of likely N-dealkylation sites (N-methyl/N-ethyl adjacent to an activating group) is 1. The third kappa shape index (κ3) is 2.56. The maximum absolute atomic E-state index is 13.3. The van der Waals surface area contributed by atoms with E-state index in [9.17, 15) is 4.39 Å². The van der Waals surface area contributed by atoms with Gasteiger partial charge in [-0.15, -0.1) is 0 Å². The molecule has 0 spiro atoms. The van der Waals surface area contributed by atoms with Gasteiger partial charge in [0.05, 0.1) is 6.54 Å². The highest BCUT2D eigenvalue weighted by Crippen LogP contribution is 2.21. The number of likely N-dealkylation sites (tertiary alicyclic amines) is 1. The quantitative estimate of drug-likeness (QED) is 0.813. The molecule has 1 aliphatic heterocycles. The molecule has 0 bridgehead atoms. The number of halogens is 1. The molecule has 0 radical (unpaired) electrons. The van der Waals surface area contributed by atoms with Crippen LogP contribution in [0.25, 0.3) is 0 Å². The Hall–Kier alpha value is -1.01. The summed E-state index contributed by atoms with van der Waals surface area (Å²) in [6.07, 6.45) is -0.163. The van der Waals surface area contributed by atoms with Crippen molar-refractivity contribution in [2.75, 3.05) is 20.1 Å². The number of aryl methyl sites for hydroxylation is 1. The minimum Gasteiger partial charge on any atom is -0.340 e. The highest BCUT2D eigenvalue weighted by atomic mass is 19.1. The monoisotopic (exact) mass is 228 g/mol. The van der Waals surface area contributed by atoms with Crippen LogP contribution in [0.4, 0.5) is 4.39 Å². The van der Waals surface area contributed by atoms with E-state index in [0.717, 1.165) is 6.54 Å². The van der Waals surface area contributed by atoms with Crippen molar-refractivity contribution in [1.82, 2.24) is 20.4 Å². The molecule has 1 aliphatic rings. The van der Waals surface area contributed by atoms with E-state index in [1.807, 2.05) is 7.05 Å². The average Bonchev–Trinajstić information content (AvgIpc) is 2.76. The molecule has 0 aromatic carbocycles. The second-order valence-electron chi connectivity index (χ2n) is 4.20. The van der Waals surface area contributed by atoms with Gasteiger partial charge in [-0.05, 0) is 13.5 Å². The summed E-state index contributed by atoms with van der Waals surface area (Å²) in [5, 5.41) is 6.91. The lowest BCUT2D eigenvalue weighted by molar-refractivity contribution is 0.224. The lowest BCUT2D eigenvalue weighted by Gasteiger charge is -2.21. The van der Waals surface area contributed by atoms with Crippen molar-refractivity contribution in [3.8, 4) is 0 Å². The van der Waals surface area contributed by atoms with Crippen LogP contribution in [0.5, 0.6) is 0 Å². The lowest BCUT2D eigenvalue weighted by Crippen LogP contribution is -2.36. The van der Waals surface area contributed by atoms with Crippen LogP contribution in [0.15, 0.2) is 4.52 Å². The number of hydrogen-bond donors (Lipinski definition) is 1. The topological polar surface area (TPSA) is 54.2 Å². The van der Waals surface area contributed by atoms with Crippen LogP contribution in [0.1, 0.15) is 18.1 Å². The van der Waals surface area contributed by atoms with Gasteiger partial charge in [-0.1, -0.05) is 5.16 Å². The average molecular weight is 228 g/mol. The predicted octanol–water partition coefficient (Wildman–Crippen LogP) is 0.510. The Morgan fingerprint density at radius 2 is 2.44 bits per heavy atom. The Bertz CT molecular complexity index is 343. The van der Waals surface area contributed by atoms with E-state index in [1.165, 1.54) is 0 Å². The first kappa shape index (κ1) is 11.5. The molecule has 1 N–H and O–H groups in total.